The van der Waals surface area contributed by atoms with Crippen molar-refractivity contribution in [2.75, 3.05) is 76.3 Å². The second kappa shape index (κ2) is 11.8. The quantitative estimate of drug-likeness (QED) is 0.542. The number of hydrogen-bond acceptors (Lipinski definition) is 6. The minimum absolute atomic E-state index is 0.104. The molecule has 0 amide bonds. The van der Waals surface area contributed by atoms with Gasteiger partial charge in [-0.1, -0.05) is 37.6 Å². The van der Waals surface area contributed by atoms with Crippen LogP contribution in [0.25, 0.3) is 0 Å². The molecule has 2 aromatic carbocycles. The summed E-state index contributed by atoms with van der Waals surface area (Å²) in [5.74, 6) is 1.99. The Bertz CT molecular complexity index is 905. The Labute approximate surface area is 206 Å². The van der Waals surface area contributed by atoms with Crippen molar-refractivity contribution in [3.63, 3.8) is 0 Å². The van der Waals surface area contributed by atoms with E-state index in [0.29, 0.717) is 0 Å². The number of nitrogens with zero attached hydrogens (tertiary/aromatic N) is 4. The molecule has 0 aromatic heterocycles. The van der Waals surface area contributed by atoms with Crippen LogP contribution in [0, 0.1) is 6.92 Å². The van der Waals surface area contributed by atoms with Crippen LogP contribution in [0.5, 0.6) is 11.5 Å². The molecule has 0 spiro atoms. The van der Waals surface area contributed by atoms with Crippen molar-refractivity contribution in [1.82, 2.24) is 9.80 Å². The summed E-state index contributed by atoms with van der Waals surface area (Å²) in [5.41, 5.74) is 3.77. The standard InChI is InChI=1S/C28H42N4O2/c1-5-6-14-27(31-21-19-30(20-22-31)24-11-7-8-12-25(24)33-4)34-26-13-9-10-23(2)28(26)32-17-15-29(3)16-18-32/h7-13,27H,5-6,14-22H2,1-4H3. The molecule has 0 N–H and O–H groups in total. The van der Waals surface area contributed by atoms with E-state index < -0.39 is 0 Å². The van der Waals surface area contributed by atoms with Crippen LogP contribution >= 0.6 is 0 Å². The van der Waals surface area contributed by atoms with Gasteiger partial charge in [-0.15, -0.1) is 0 Å². The highest BCUT2D eigenvalue weighted by Crippen LogP contribution is 2.35. The number of methoxy groups -OCH3 is 1. The first-order chi connectivity index (χ1) is 16.6. The smallest absolute Gasteiger partial charge is 0.152 e. The molecule has 2 fully saturated rings. The highest BCUT2D eigenvalue weighted by atomic mass is 16.5. The van der Waals surface area contributed by atoms with Crippen molar-refractivity contribution in [1.29, 1.82) is 0 Å². The Balaban J connectivity index is 1.48. The van der Waals surface area contributed by atoms with Gasteiger partial charge in [0.1, 0.15) is 11.5 Å². The third-order valence-electron chi connectivity index (χ3n) is 7.24. The summed E-state index contributed by atoms with van der Waals surface area (Å²) < 4.78 is 12.5. The number of para-hydroxylation sites is 3. The van der Waals surface area contributed by atoms with E-state index >= 15 is 0 Å². The number of ether oxygens (including phenoxy) is 2. The van der Waals surface area contributed by atoms with Gasteiger partial charge in [0, 0.05) is 52.4 Å². The van der Waals surface area contributed by atoms with E-state index in [4.69, 9.17) is 9.47 Å². The van der Waals surface area contributed by atoms with Gasteiger partial charge in [0.25, 0.3) is 0 Å². The van der Waals surface area contributed by atoms with E-state index in [2.05, 4.69) is 70.8 Å². The van der Waals surface area contributed by atoms with E-state index in [1.165, 1.54) is 29.8 Å². The van der Waals surface area contributed by atoms with Crippen LogP contribution in [0.4, 0.5) is 11.4 Å². The Morgan fingerprint density at radius 2 is 1.50 bits per heavy atom. The minimum atomic E-state index is 0.104. The van der Waals surface area contributed by atoms with Gasteiger partial charge >= 0.3 is 0 Å². The molecule has 4 rings (SSSR count). The van der Waals surface area contributed by atoms with Gasteiger partial charge in [0.15, 0.2) is 6.23 Å². The Kier molecular flexibility index (Phi) is 8.57. The molecule has 2 aliphatic rings. The first-order valence-electron chi connectivity index (χ1n) is 12.9. The molecular formula is C28H42N4O2. The number of anilines is 2. The number of aryl methyl sites for hydroxylation is 1. The fourth-order valence-electron chi connectivity index (χ4n) is 5.15. The Morgan fingerprint density at radius 1 is 0.824 bits per heavy atom. The molecule has 34 heavy (non-hydrogen) atoms. The number of likely N-dealkylation sites (N-methyl/N-ethyl adjacent to an activating group) is 1. The third kappa shape index (κ3) is 5.78. The lowest BCUT2D eigenvalue weighted by atomic mass is 10.1. The fraction of sp³-hybridized carbons (Fsp3) is 0.571. The minimum Gasteiger partial charge on any atom is -0.495 e. The van der Waals surface area contributed by atoms with Crippen LogP contribution < -0.4 is 19.3 Å². The van der Waals surface area contributed by atoms with E-state index in [1.54, 1.807) is 7.11 Å². The highest BCUT2D eigenvalue weighted by Gasteiger charge is 2.28. The van der Waals surface area contributed by atoms with Crippen molar-refractivity contribution >= 4 is 11.4 Å². The Hall–Kier alpha value is -2.44. The number of benzene rings is 2. The molecular weight excluding hydrogens is 424 g/mol. The van der Waals surface area contributed by atoms with Crippen molar-refractivity contribution in [2.45, 2.75) is 39.3 Å². The van der Waals surface area contributed by atoms with Crippen molar-refractivity contribution < 1.29 is 9.47 Å². The predicted molar refractivity (Wildman–Crippen MR) is 142 cm³/mol. The lowest BCUT2D eigenvalue weighted by Crippen LogP contribution is -2.52. The molecule has 2 saturated heterocycles. The largest absolute Gasteiger partial charge is 0.495 e. The molecule has 0 bridgehead atoms. The number of piperazine rings is 2. The number of unbranched alkanes of at least 4 members (excludes halogenated alkanes) is 1. The summed E-state index contributed by atoms with van der Waals surface area (Å²) in [4.78, 5) is 9.90. The monoisotopic (exact) mass is 466 g/mol. The van der Waals surface area contributed by atoms with Gasteiger partial charge in [0.05, 0.1) is 18.5 Å². The van der Waals surface area contributed by atoms with Gasteiger partial charge in [0.2, 0.25) is 0 Å². The van der Waals surface area contributed by atoms with Gasteiger partial charge in [-0.25, -0.2) is 0 Å². The molecule has 1 unspecified atom stereocenters. The van der Waals surface area contributed by atoms with Crippen molar-refractivity contribution in [2.24, 2.45) is 0 Å². The van der Waals surface area contributed by atoms with Crippen molar-refractivity contribution in [3.8, 4) is 11.5 Å². The maximum atomic E-state index is 6.86. The molecule has 0 saturated carbocycles. The topological polar surface area (TPSA) is 31.4 Å². The van der Waals surface area contributed by atoms with Gasteiger partial charge in [-0.2, -0.15) is 0 Å². The average molecular weight is 467 g/mol. The van der Waals surface area contributed by atoms with Gasteiger partial charge in [-0.05, 0) is 50.6 Å². The lowest BCUT2D eigenvalue weighted by Gasteiger charge is -2.41. The van der Waals surface area contributed by atoms with Crippen LogP contribution in [0.1, 0.15) is 31.7 Å². The maximum absolute atomic E-state index is 6.86. The van der Waals surface area contributed by atoms with E-state index in [-0.39, 0.29) is 6.23 Å². The molecule has 2 aliphatic heterocycles. The third-order valence-corrected chi connectivity index (χ3v) is 7.24. The van der Waals surface area contributed by atoms with Crippen LogP contribution in [-0.2, 0) is 0 Å². The summed E-state index contributed by atoms with van der Waals surface area (Å²) in [7, 11) is 3.96. The van der Waals surface area contributed by atoms with E-state index in [0.717, 1.165) is 70.3 Å². The SMILES string of the molecule is CCCCC(Oc1cccc(C)c1N1CCN(C)CC1)N1CCN(c2ccccc2OC)CC1. The zero-order chi connectivity index (χ0) is 23.9. The van der Waals surface area contributed by atoms with E-state index in [9.17, 15) is 0 Å². The second-order valence-corrected chi connectivity index (χ2v) is 9.62. The number of hydrogen-bond donors (Lipinski definition) is 0. The average Bonchev–Trinajstić information content (AvgIpc) is 2.87. The first-order valence-corrected chi connectivity index (χ1v) is 12.9. The molecule has 0 radical (unpaired) electrons. The summed E-state index contributed by atoms with van der Waals surface area (Å²) in [6.45, 7) is 12.7. The highest BCUT2D eigenvalue weighted by molar-refractivity contribution is 5.64. The molecule has 6 nitrogen and oxygen atoms in total. The molecule has 0 aliphatic carbocycles. The summed E-state index contributed by atoms with van der Waals surface area (Å²) >= 11 is 0. The van der Waals surface area contributed by atoms with Crippen LogP contribution in [0.3, 0.4) is 0 Å². The Morgan fingerprint density at radius 3 is 2.21 bits per heavy atom. The summed E-state index contributed by atoms with van der Waals surface area (Å²) in [5, 5.41) is 0. The summed E-state index contributed by atoms with van der Waals surface area (Å²) in [6, 6.07) is 14.9. The van der Waals surface area contributed by atoms with Crippen LogP contribution in [0.15, 0.2) is 42.5 Å². The predicted octanol–water partition coefficient (Wildman–Crippen LogP) is 4.47. The van der Waals surface area contributed by atoms with Crippen molar-refractivity contribution in [3.05, 3.63) is 48.0 Å². The normalized spacial score (nSPS) is 18.7. The fourth-order valence-corrected chi connectivity index (χ4v) is 5.15. The molecule has 2 aromatic rings. The van der Waals surface area contributed by atoms with Gasteiger partial charge < -0.3 is 24.2 Å². The van der Waals surface area contributed by atoms with E-state index in [1.807, 2.05) is 12.1 Å². The first kappa shape index (κ1) is 24.7. The lowest BCUT2D eigenvalue weighted by molar-refractivity contribution is 0.0137. The molecule has 186 valence electrons. The van der Waals surface area contributed by atoms with Crippen LogP contribution in [0.2, 0.25) is 0 Å². The van der Waals surface area contributed by atoms with Gasteiger partial charge in [-0.3, -0.25) is 4.90 Å². The number of rotatable bonds is 9. The second-order valence-electron chi connectivity index (χ2n) is 9.62. The maximum Gasteiger partial charge on any atom is 0.152 e. The zero-order valence-corrected chi connectivity index (χ0v) is 21.5. The molecule has 1 atom stereocenters. The molecule has 6 heteroatoms. The molecule has 2 heterocycles. The van der Waals surface area contributed by atoms with Crippen LogP contribution in [-0.4, -0.2) is 82.5 Å². The zero-order valence-electron chi connectivity index (χ0n) is 21.5. The summed E-state index contributed by atoms with van der Waals surface area (Å²) in [6.07, 6.45) is 3.52.